The molecular weight excluding hydrogens is 476 g/mol. The minimum Gasteiger partial charge on any atom is -0.451 e. The van der Waals surface area contributed by atoms with E-state index in [2.05, 4.69) is 22.6 Å². The Hall–Kier alpha value is -0.540. The van der Waals surface area contributed by atoms with E-state index in [1.165, 1.54) is 16.7 Å². The summed E-state index contributed by atoms with van der Waals surface area (Å²) in [6.07, 6.45) is 1.67. The lowest BCUT2D eigenvalue weighted by atomic mass is 10.3. The maximum atomic E-state index is 12.6. The van der Waals surface area contributed by atoms with Crippen LogP contribution in [0.3, 0.4) is 0 Å². The van der Waals surface area contributed by atoms with Gasteiger partial charge in [-0.15, -0.1) is 0 Å². The molecule has 1 aliphatic heterocycles. The number of furan rings is 1. The molecule has 0 unspecified atom stereocenters. The van der Waals surface area contributed by atoms with Crippen LogP contribution in [0.4, 0.5) is 5.69 Å². The molecule has 22 heavy (non-hydrogen) atoms. The summed E-state index contributed by atoms with van der Waals surface area (Å²) in [5.41, 5.74) is 0.519. The Balaban J connectivity index is 1.96. The Bertz CT molecular complexity index is 819. The Morgan fingerprint density at radius 1 is 1.27 bits per heavy atom. The van der Waals surface area contributed by atoms with Crippen LogP contribution in [0.5, 0.6) is 0 Å². The van der Waals surface area contributed by atoms with Crippen LogP contribution in [0.25, 0.3) is 6.08 Å². The third kappa shape index (κ3) is 3.21. The lowest BCUT2D eigenvalue weighted by Gasteiger charge is -2.16. The first kappa shape index (κ1) is 16.3. The molecule has 0 radical (unpaired) electrons. The lowest BCUT2D eigenvalue weighted by Crippen LogP contribution is -2.27. The van der Waals surface area contributed by atoms with Crippen molar-refractivity contribution in [1.82, 2.24) is 0 Å². The number of thiocarbonyl (C=S) groups is 1. The predicted molar refractivity (Wildman–Crippen MR) is 104 cm³/mol. The van der Waals surface area contributed by atoms with Crippen LogP contribution in [0.2, 0.25) is 10.0 Å². The largest absolute Gasteiger partial charge is 0.451 e. The molecule has 3 nitrogen and oxygen atoms in total. The van der Waals surface area contributed by atoms with E-state index in [0.29, 0.717) is 30.7 Å². The number of benzene rings is 1. The van der Waals surface area contributed by atoms with Crippen molar-refractivity contribution >= 4 is 91.8 Å². The monoisotopic (exact) mass is 481 g/mol. The fourth-order valence-corrected chi connectivity index (χ4v) is 4.07. The number of hydrogen-bond acceptors (Lipinski definition) is 4. The maximum absolute atomic E-state index is 12.6. The average molecular weight is 482 g/mol. The second-order valence-corrected chi connectivity index (χ2v) is 7.84. The van der Waals surface area contributed by atoms with Crippen LogP contribution in [-0.4, -0.2) is 10.2 Å². The first-order valence-electron chi connectivity index (χ1n) is 5.94. The summed E-state index contributed by atoms with van der Waals surface area (Å²) in [6, 6.07) is 8.54. The highest BCUT2D eigenvalue weighted by molar-refractivity contribution is 14.1. The quantitative estimate of drug-likeness (QED) is 0.317. The van der Waals surface area contributed by atoms with Crippen molar-refractivity contribution in [2.24, 2.45) is 0 Å². The van der Waals surface area contributed by atoms with Crippen molar-refractivity contribution in [2.75, 3.05) is 4.90 Å². The van der Waals surface area contributed by atoms with Gasteiger partial charge in [-0.3, -0.25) is 9.69 Å². The molecule has 1 aromatic heterocycles. The topological polar surface area (TPSA) is 33.5 Å². The molecule has 0 saturated carbocycles. The van der Waals surface area contributed by atoms with E-state index in [9.17, 15) is 4.79 Å². The van der Waals surface area contributed by atoms with Gasteiger partial charge in [0.2, 0.25) is 0 Å². The van der Waals surface area contributed by atoms with Crippen molar-refractivity contribution < 1.29 is 9.21 Å². The molecule has 0 aliphatic carbocycles. The highest BCUT2D eigenvalue weighted by Gasteiger charge is 2.34. The molecule has 1 amide bonds. The van der Waals surface area contributed by atoms with Gasteiger partial charge in [0, 0.05) is 11.1 Å². The molecule has 0 bridgehead atoms. The van der Waals surface area contributed by atoms with Crippen LogP contribution in [0, 0.1) is 3.77 Å². The van der Waals surface area contributed by atoms with Crippen molar-refractivity contribution in [2.45, 2.75) is 0 Å². The number of carbonyl (C=O) groups is 1. The number of anilines is 1. The van der Waals surface area contributed by atoms with Gasteiger partial charge in [0.1, 0.15) is 5.76 Å². The van der Waals surface area contributed by atoms with Gasteiger partial charge in [-0.1, -0.05) is 47.2 Å². The number of carbonyl (C=O) groups excluding carboxylic acids is 1. The zero-order valence-electron chi connectivity index (χ0n) is 10.7. The molecule has 2 heterocycles. The Morgan fingerprint density at radius 2 is 2.05 bits per heavy atom. The molecule has 0 atom stereocenters. The standard InChI is InChI=1S/C14H6Cl2INO2S2/c15-7-1-3-10(9(16)5-7)18-13(19)11(22-14(18)21)6-8-2-4-12(17)20-8/h1-6H/b11-6+. The summed E-state index contributed by atoms with van der Waals surface area (Å²) in [6.45, 7) is 0. The third-order valence-corrected chi connectivity index (χ3v) is 5.23. The van der Waals surface area contributed by atoms with Crippen LogP contribution in [-0.2, 0) is 4.79 Å². The lowest BCUT2D eigenvalue weighted by molar-refractivity contribution is -0.113. The zero-order chi connectivity index (χ0) is 15.9. The summed E-state index contributed by atoms with van der Waals surface area (Å²) in [5.74, 6) is 0.373. The summed E-state index contributed by atoms with van der Waals surface area (Å²) < 4.78 is 6.62. The van der Waals surface area contributed by atoms with E-state index < -0.39 is 0 Å². The van der Waals surface area contributed by atoms with Gasteiger partial charge in [0.05, 0.1) is 15.6 Å². The van der Waals surface area contributed by atoms with Crippen LogP contribution in [0.1, 0.15) is 5.76 Å². The molecule has 112 valence electrons. The summed E-state index contributed by atoms with van der Waals surface area (Å²) >= 11 is 20.6. The Labute approximate surface area is 159 Å². The zero-order valence-corrected chi connectivity index (χ0v) is 16.0. The normalized spacial score (nSPS) is 16.9. The first-order chi connectivity index (χ1) is 10.5. The third-order valence-electron chi connectivity index (χ3n) is 2.81. The van der Waals surface area contributed by atoms with E-state index in [1.807, 2.05) is 6.07 Å². The van der Waals surface area contributed by atoms with Gasteiger partial charge in [-0.25, -0.2) is 0 Å². The Kier molecular flexibility index (Phi) is 4.84. The first-order valence-corrected chi connectivity index (χ1v) is 9.00. The van der Waals surface area contributed by atoms with Gasteiger partial charge in [0.25, 0.3) is 5.91 Å². The van der Waals surface area contributed by atoms with Crippen LogP contribution >= 0.6 is 69.8 Å². The fraction of sp³-hybridized carbons (Fsp3) is 0. The molecular formula is C14H6Cl2INO2S2. The molecule has 8 heteroatoms. The molecule has 2 aromatic rings. The summed E-state index contributed by atoms with van der Waals surface area (Å²) in [5, 5.41) is 0.873. The number of amides is 1. The number of nitrogens with zero attached hydrogens (tertiary/aromatic N) is 1. The van der Waals surface area contributed by atoms with Crippen molar-refractivity contribution in [3.8, 4) is 0 Å². The summed E-state index contributed by atoms with van der Waals surface area (Å²) in [4.78, 5) is 14.5. The number of halogens is 3. The van der Waals surface area contributed by atoms with Gasteiger partial charge < -0.3 is 4.42 Å². The highest BCUT2D eigenvalue weighted by Crippen LogP contribution is 2.39. The average Bonchev–Trinajstić information content (AvgIpc) is 2.96. The van der Waals surface area contributed by atoms with Gasteiger partial charge in [0.15, 0.2) is 8.09 Å². The van der Waals surface area contributed by atoms with Crippen molar-refractivity contribution in [3.63, 3.8) is 0 Å². The van der Waals surface area contributed by atoms with Crippen LogP contribution in [0.15, 0.2) is 39.7 Å². The van der Waals surface area contributed by atoms with Crippen molar-refractivity contribution in [3.05, 3.63) is 54.8 Å². The SMILES string of the molecule is O=C1/C(=C\c2ccc(I)o2)SC(=S)N1c1ccc(Cl)cc1Cl. The molecule has 1 aliphatic rings. The predicted octanol–water partition coefficient (Wildman–Crippen LogP) is 5.60. The van der Waals surface area contributed by atoms with Gasteiger partial charge >= 0.3 is 0 Å². The molecule has 1 fully saturated rings. The molecule has 0 spiro atoms. The second-order valence-electron chi connectivity index (χ2n) is 4.25. The molecule has 1 saturated heterocycles. The number of thioether (sulfide) groups is 1. The van der Waals surface area contributed by atoms with Gasteiger partial charge in [-0.2, -0.15) is 0 Å². The minimum atomic E-state index is -0.231. The maximum Gasteiger partial charge on any atom is 0.270 e. The minimum absolute atomic E-state index is 0.231. The fourth-order valence-electron chi connectivity index (χ4n) is 1.87. The van der Waals surface area contributed by atoms with Crippen LogP contribution < -0.4 is 4.90 Å². The number of rotatable bonds is 2. The number of hydrogen-bond donors (Lipinski definition) is 0. The smallest absolute Gasteiger partial charge is 0.270 e. The molecule has 1 aromatic carbocycles. The second kappa shape index (κ2) is 6.52. The van der Waals surface area contributed by atoms with Crippen molar-refractivity contribution in [1.29, 1.82) is 0 Å². The Morgan fingerprint density at radius 3 is 2.68 bits per heavy atom. The van der Waals surface area contributed by atoms with E-state index in [-0.39, 0.29) is 5.91 Å². The van der Waals surface area contributed by atoms with E-state index >= 15 is 0 Å². The highest BCUT2D eigenvalue weighted by atomic mass is 127. The van der Waals surface area contributed by atoms with E-state index in [4.69, 9.17) is 39.8 Å². The van der Waals surface area contributed by atoms with E-state index in [1.54, 1.807) is 30.3 Å². The van der Waals surface area contributed by atoms with Gasteiger partial charge in [-0.05, 0) is 52.9 Å². The molecule has 3 rings (SSSR count). The van der Waals surface area contributed by atoms with E-state index in [0.717, 1.165) is 3.77 Å². The summed E-state index contributed by atoms with van der Waals surface area (Å²) in [7, 11) is 0. The molecule has 0 N–H and O–H groups in total.